The summed E-state index contributed by atoms with van der Waals surface area (Å²) in [5.74, 6) is -0.212. The Kier molecular flexibility index (Phi) is 8.60. The molecule has 1 saturated heterocycles. The average molecular weight is 530 g/mol. The summed E-state index contributed by atoms with van der Waals surface area (Å²) in [5.41, 5.74) is 1.86. The molecule has 3 aromatic rings. The second kappa shape index (κ2) is 11.7. The van der Waals surface area contributed by atoms with Crippen LogP contribution in [0.1, 0.15) is 49.5 Å². The first-order valence-corrected chi connectivity index (χ1v) is 13.8. The number of nitrogens with one attached hydrogen (secondary N) is 2. The first-order valence-electron chi connectivity index (χ1n) is 12.4. The fourth-order valence-corrected chi connectivity index (χ4v) is 5.47. The maximum absolute atomic E-state index is 13.1. The molecule has 11 heteroatoms. The van der Waals surface area contributed by atoms with Crippen LogP contribution in [0.4, 0.5) is 0 Å². The highest BCUT2D eigenvalue weighted by molar-refractivity contribution is 7.89. The number of amides is 1. The van der Waals surface area contributed by atoms with Crippen molar-refractivity contribution < 1.29 is 22.7 Å². The number of benzene rings is 1. The number of imidazole rings is 1. The summed E-state index contributed by atoms with van der Waals surface area (Å²) in [6.45, 7) is 7.66. The number of carbonyl (C=O) groups is 1. The Morgan fingerprint density at radius 2 is 1.84 bits per heavy atom. The van der Waals surface area contributed by atoms with Crippen LogP contribution >= 0.6 is 0 Å². The van der Waals surface area contributed by atoms with Crippen molar-refractivity contribution in [3.05, 3.63) is 66.1 Å². The number of nitrogens with zero attached hydrogens (tertiary/aromatic N) is 3. The lowest BCUT2D eigenvalue weighted by molar-refractivity contribution is -0.124. The second-order valence-electron chi connectivity index (χ2n) is 10.0. The van der Waals surface area contributed by atoms with Crippen LogP contribution in [0.2, 0.25) is 0 Å². The van der Waals surface area contributed by atoms with Crippen molar-refractivity contribution in [2.24, 2.45) is 0 Å². The van der Waals surface area contributed by atoms with Gasteiger partial charge in [0.2, 0.25) is 10.0 Å². The van der Waals surface area contributed by atoms with E-state index in [9.17, 15) is 13.2 Å². The van der Waals surface area contributed by atoms with Gasteiger partial charge in [0, 0.05) is 44.3 Å². The van der Waals surface area contributed by atoms with Gasteiger partial charge in [-0.15, -0.1) is 0 Å². The SMILES string of the molecule is CC(C)(C)OCOCNC1CCN(S(=O)(=O)c2ccc(CNC(=O)c3ccc4nccn4c3)cc2)CC1. The van der Waals surface area contributed by atoms with Gasteiger partial charge in [0.05, 0.1) is 22.8 Å². The van der Waals surface area contributed by atoms with Crippen LogP contribution in [0.5, 0.6) is 0 Å². The molecule has 0 unspecified atom stereocenters. The minimum Gasteiger partial charge on any atom is -0.350 e. The molecule has 2 N–H and O–H groups in total. The predicted molar refractivity (Wildman–Crippen MR) is 139 cm³/mol. The number of ether oxygens (including phenoxy) is 2. The topological polar surface area (TPSA) is 114 Å². The molecule has 3 heterocycles. The maximum atomic E-state index is 13.1. The molecule has 200 valence electrons. The monoisotopic (exact) mass is 529 g/mol. The van der Waals surface area contributed by atoms with Crippen molar-refractivity contribution in [1.29, 1.82) is 0 Å². The van der Waals surface area contributed by atoms with Crippen molar-refractivity contribution in [3.8, 4) is 0 Å². The van der Waals surface area contributed by atoms with E-state index in [-0.39, 0.29) is 29.2 Å². The molecule has 2 aromatic heterocycles. The maximum Gasteiger partial charge on any atom is 0.253 e. The van der Waals surface area contributed by atoms with Crippen LogP contribution in [0.3, 0.4) is 0 Å². The highest BCUT2D eigenvalue weighted by Crippen LogP contribution is 2.21. The Bertz CT molecular complexity index is 1290. The zero-order chi connectivity index (χ0) is 26.5. The lowest BCUT2D eigenvalue weighted by atomic mass is 10.1. The van der Waals surface area contributed by atoms with Gasteiger partial charge >= 0.3 is 0 Å². The summed E-state index contributed by atoms with van der Waals surface area (Å²) >= 11 is 0. The minimum absolute atomic E-state index is 0.196. The van der Waals surface area contributed by atoms with Crippen molar-refractivity contribution in [1.82, 2.24) is 24.3 Å². The lowest BCUT2D eigenvalue weighted by Crippen LogP contribution is -2.45. The number of pyridine rings is 1. The zero-order valence-electron chi connectivity index (χ0n) is 21.5. The number of fused-ring (bicyclic) bond motifs is 1. The minimum atomic E-state index is -3.58. The molecule has 1 aliphatic rings. The molecule has 0 spiro atoms. The average Bonchev–Trinajstić information content (AvgIpc) is 3.35. The normalized spacial score (nSPS) is 15.8. The van der Waals surface area contributed by atoms with Gasteiger partial charge in [0.25, 0.3) is 5.91 Å². The van der Waals surface area contributed by atoms with Gasteiger partial charge in [-0.1, -0.05) is 12.1 Å². The third-order valence-corrected chi connectivity index (χ3v) is 8.08. The highest BCUT2D eigenvalue weighted by Gasteiger charge is 2.29. The third kappa shape index (κ3) is 7.36. The molecule has 10 nitrogen and oxygen atoms in total. The summed E-state index contributed by atoms with van der Waals surface area (Å²) in [5, 5.41) is 6.18. The molecule has 1 fully saturated rings. The van der Waals surface area contributed by atoms with E-state index in [1.54, 1.807) is 59.4 Å². The first kappa shape index (κ1) is 27.2. The van der Waals surface area contributed by atoms with Gasteiger partial charge < -0.3 is 19.2 Å². The Balaban J connectivity index is 1.23. The molecule has 1 aliphatic heterocycles. The molecule has 1 amide bonds. The summed E-state index contributed by atoms with van der Waals surface area (Å²) in [6.07, 6.45) is 6.59. The van der Waals surface area contributed by atoms with Crippen LogP contribution < -0.4 is 10.6 Å². The summed E-state index contributed by atoms with van der Waals surface area (Å²) in [6, 6.07) is 10.4. The van der Waals surface area contributed by atoms with Crippen LogP contribution in [0.15, 0.2) is 59.9 Å². The number of hydrogen-bond donors (Lipinski definition) is 2. The van der Waals surface area contributed by atoms with Crippen LogP contribution in [0, 0.1) is 0 Å². The van der Waals surface area contributed by atoms with Crippen molar-refractivity contribution in [3.63, 3.8) is 0 Å². The van der Waals surface area contributed by atoms with E-state index in [0.29, 0.717) is 44.8 Å². The van der Waals surface area contributed by atoms with Gasteiger partial charge in [-0.2, -0.15) is 4.31 Å². The molecule has 37 heavy (non-hydrogen) atoms. The molecule has 0 bridgehead atoms. The number of rotatable bonds is 10. The standard InChI is InChI=1S/C26H35N5O5S/c1-26(2,3)36-19-35-18-29-22-10-13-31(14-11-22)37(33,34)23-7-4-20(5-8-23)16-28-25(32)21-6-9-24-27-12-15-30(24)17-21/h4-9,12,15,17,22,29H,10-11,13-14,16,18-19H2,1-3H3,(H,28,32). The zero-order valence-corrected chi connectivity index (χ0v) is 22.3. The van der Waals surface area contributed by atoms with Crippen molar-refractivity contribution in [2.75, 3.05) is 26.6 Å². The number of piperidine rings is 1. The van der Waals surface area contributed by atoms with Gasteiger partial charge in [-0.05, 0) is 63.4 Å². The molecule has 0 saturated carbocycles. The van der Waals surface area contributed by atoms with Gasteiger partial charge in [-0.3, -0.25) is 10.1 Å². The number of aromatic nitrogens is 2. The van der Waals surface area contributed by atoms with Crippen LogP contribution in [-0.2, 0) is 26.0 Å². The number of sulfonamides is 1. The van der Waals surface area contributed by atoms with E-state index in [1.165, 1.54) is 4.31 Å². The van der Waals surface area contributed by atoms with Gasteiger partial charge in [0.15, 0.2) is 0 Å². The molecular weight excluding hydrogens is 494 g/mol. The summed E-state index contributed by atoms with van der Waals surface area (Å²) in [7, 11) is -3.58. The van der Waals surface area contributed by atoms with E-state index < -0.39 is 10.0 Å². The Morgan fingerprint density at radius 1 is 1.11 bits per heavy atom. The molecule has 1 aromatic carbocycles. The third-order valence-electron chi connectivity index (χ3n) is 6.17. The largest absolute Gasteiger partial charge is 0.350 e. The van der Waals surface area contributed by atoms with E-state index >= 15 is 0 Å². The van der Waals surface area contributed by atoms with Crippen LogP contribution in [0.25, 0.3) is 5.65 Å². The quantitative estimate of drug-likeness (QED) is 0.307. The van der Waals surface area contributed by atoms with E-state index in [2.05, 4.69) is 15.6 Å². The fourth-order valence-electron chi connectivity index (χ4n) is 4.00. The predicted octanol–water partition coefficient (Wildman–Crippen LogP) is 2.75. The smallest absolute Gasteiger partial charge is 0.253 e. The van der Waals surface area contributed by atoms with E-state index in [1.807, 2.05) is 20.8 Å². The van der Waals surface area contributed by atoms with Crippen molar-refractivity contribution in [2.45, 2.75) is 56.7 Å². The van der Waals surface area contributed by atoms with Crippen molar-refractivity contribution >= 4 is 21.6 Å². The fraction of sp³-hybridized carbons (Fsp3) is 0.462. The molecule has 4 rings (SSSR count). The molecule has 0 atom stereocenters. The summed E-state index contributed by atoms with van der Waals surface area (Å²) < 4.78 is 40.5. The second-order valence-corrected chi connectivity index (χ2v) is 12.0. The molecular formula is C26H35N5O5S. The van der Waals surface area contributed by atoms with Gasteiger partial charge in [0.1, 0.15) is 12.4 Å². The summed E-state index contributed by atoms with van der Waals surface area (Å²) in [4.78, 5) is 16.9. The lowest BCUT2D eigenvalue weighted by Gasteiger charge is -2.31. The van der Waals surface area contributed by atoms with E-state index in [0.717, 1.165) is 11.2 Å². The Morgan fingerprint density at radius 3 is 2.54 bits per heavy atom. The Labute approximate surface area is 218 Å². The first-order chi connectivity index (χ1) is 17.6. The van der Waals surface area contributed by atoms with E-state index in [4.69, 9.17) is 9.47 Å². The van der Waals surface area contributed by atoms with Crippen LogP contribution in [-0.4, -0.2) is 66.3 Å². The molecule has 0 radical (unpaired) electrons. The highest BCUT2D eigenvalue weighted by atomic mass is 32.2. The molecule has 0 aliphatic carbocycles. The number of carbonyl (C=O) groups excluding carboxylic acids is 1. The number of hydrogen-bond acceptors (Lipinski definition) is 7. The van der Waals surface area contributed by atoms with Gasteiger partial charge in [-0.25, -0.2) is 13.4 Å². The Hall–Kier alpha value is -2.83.